The lowest BCUT2D eigenvalue weighted by Crippen LogP contribution is -2.10. The third-order valence-electron chi connectivity index (χ3n) is 3.64. The van der Waals surface area contributed by atoms with Crippen molar-refractivity contribution in [1.82, 2.24) is 24.3 Å². The molecule has 0 fully saturated rings. The molecule has 0 N–H and O–H groups in total. The molecule has 110 valence electrons. The number of aryl methyl sites for hydroxylation is 5. The van der Waals surface area contributed by atoms with Gasteiger partial charge in [-0.3, -0.25) is 4.68 Å². The van der Waals surface area contributed by atoms with E-state index >= 15 is 0 Å². The normalized spacial score (nSPS) is 11.4. The summed E-state index contributed by atoms with van der Waals surface area (Å²) in [5.74, 6) is 1.56. The zero-order valence-electron chi connectivity index (χ0n) is 12.3. The minimum absolute atomic E-state index is 0.564. The number of hydrogen-bond donors (Lipinski definition) is 0. The van der Waals surface area contributed by atoms with E-state index in [-0.39, 0.29) is 0 Å². The van der Waals surface area contributed by atoms with Crippen molar-refractivity contribution in [2.45, 2.75) is 26.3 Å². The average Bonchev–Trinajstić information content (AvgIpc) is 3.01. The summed E-state index contributed by atoms with van der Waals surface area (Å²) < 4.78 is 4.08. The summed E-state index contributed by atoms with van der Waals surface area (Å²) in [5.41, 5.74) is 4.07. The summed E-state index contributed by atoms with van der Waals surface area (Å²) in [6.07, 6.45) is 3.47. The molecule has 6 heteroatoms. The van der Waals surface area contributed by atoms with Gasteiger partial charge in [0.25, 0.3) is 0 Å². The fourth-order valence-electron chi connectivity index (χ4n) is 2.53. The monoisotopic (exact) mass is 303 g/mol. The Balaban J connectivity index is 1.96. The quantitative estimate of drug-likeness (QED) is 0.680. The van der Waals surface area contributed by atoms with E-state index < -0.39 is 0 Å². The standard InChI is InChI=1S/C15H18ClN5/c1-11-3-4-13-15(18-11)21(14(19-13)5-8-16)10-7-12-6-9-17-20(12)2/h3-4,6,9H,5,7-8,10H2,1-2H3. The van der Waals surface area contributed by atoms with E-state index in [1.165, 1.54) is 5.69 Å². The molecule has 21 heavy (non-hydrogen) atoms. The van der Waals surface area contributed by atoms with E-state index in [4.69, 9.17) is 11.6 Å². The molecule has 0 spiro atoms. The predicted molar refractivity (Wildman–Crippen MR) is 83.6 cm³/mol. The first kappa shape index (κ1) is 14.1. The van der Waals surface area contributed by atoms with Gasteiger partial charge in [0.1, 0.15) is 11.3 Å². The van der Waals surface area contributed by atoms with Gasteiger partial charge in [0, 0.05) is 49.9 Å². The van der Waals surface area contributed by atoms with Crippen molar-refractivity contribution in [3.63, 3.8) is 0 Å². The van der Waals surface area contributed by atoms with Crippen LogP contribution in [0.3, 0.4) is 0 Å². The van der Waals surface area contributed by atoms with Crippen molar-refractivity contribution in [1.29, 1.82) is 0 Å². The second kappa shape index (κ2) is 5.85. The van der Waals surface area contributed by atoms with Crippen LogP contribution < -0.4 is 0 Å². The molecule has 0 aliphatic carbocycles. The molecule has 3 heterocycles. The van der Waals surface area contributed by atoms with Crippen molar-refractivity contribution < 1.29 is 0 Å². The first-order valence-corrected chi connectivity index (χ1v) is 7.58. The highest BCUT2D eigenvalue weighted by Crippen LogP contribution is 2.16. The van der Waals surface area contributed by atoms with Crippen molar-refractivity contribution in [3.05, 3.63) is 41.6 Å². The lowest BCUT2D eigenvalue weighted by Gasteiger charge is -2.08. The maximum absolute atomic E-state index is 5.90. The van der Waals surface area contributed by atoms with Gasteiger partial charge in [-0.15, -0.1) is 11.6 Å². The molecule has 3 aromatic heterocycles. The number of rotatable bonds is 5. The molecule has 0 aliphatic heterocycles. The fourth-order valence-corrected chi connectivity index (χ4v) is 2.70. The molecule has 0 radical (unpaired) electrons. The Hall–Kier alpha value is -1.88. The fraction of sp³-hybridized carbons (Fsp3) is 0.400. The number of hydrogen-bond acceptors (Lipinski definition) is 3. The van der Waals surface area contributed by atoms with Crippen LogP contribution in [0.1, 0.15) is 17.2 Å². The highest BCUT2D eigenvalue weighted by Gasteiger charge is 2.12. The van der Waals surface area contributed by atoms with Gasteiger partial charge in [-0.05, 0) is 25.1 Å². The third-order valence-corrected chi connectivity index (χ3v) is 3.83. The molecule has 0 atom stereocenters. The molecule has 3 rings (SSSR count). The number of imidazole rings is 1. The Morgan fingerprint density at radius 1 is 1.14 bits per heavy atom. The SMILES string of the molecule is Cc1ccc2nc(CCCl)n(CCc3ccnn3C)c2n1. The van der Waals surface area contributed by atoms with Crippen LogP contribution in [0.5, 0.6) is 0 Å². The maximum Gasteiger partial charge on any atom is 0.160 e. The molecule has 0 amide bonds. The number of nitrogens with zero attached hydrogens (tertiary/aromatic N) is 5. The first-order chi connectivity index (χ1) is 10.2. The lowest BCUT2D eigenvalue weighted by molar-refractivity contribution is 0.624. The van der Waals surface area contributed by atoms with E-state index in [1.54, 1.807) is 0 Å². The summed E-state index contributed by atoms with van der Waals surface area (Å²) in [7, 11) is 1.96. The van der Waals surface area contributed by atoms with Gasteiger partial charge >= 0.3 is 0 Å². The highest BCUT2D eigenvalue weighted by molar-refractivity contribution is 6.17. The Kier molecular flexibility index (Phi) is 3.92. The van der Waals surface area contributed by atoms with Crippen LogP contribution in [0, 0.1) is 6.92 Å². The van der Waals surface area contributed by atoms with Gasteiger partial charge in [0.15, 0.2) is 5.65 Å². The third kappa shape index (κ3) is 2.78. The zero-order chi connectivity index (χ0) is 14.8. The molecule has 0 unspecified atom stereocenters. The Morgan fingerprint density at radius 3 is 2.71 bits per heavy atom. The Morgan fingerprint density at radius 2 is 2.00 bits per heavy atom. The van der Waals surface area contributed by atoms with Crippen molar-refractivity contribution in [2.75, 3.05) is 5.88 Å². The number of halogens is 1. The van der Waals surface area contributed by atoms with Gasteiger partial charge in [-0.2, -0.15) is 5.10 Å². The number of alkyl halides is 1. The molecular weight excluding hydrogens is 286 g/mol. The summed E-state index contributed by atoms with van der Waals surface area (Å²) in [5, 5.41) is 4.21. The van der Waals surface area contributed by atoms with Crippen molar-refractivity contribution >= 4 is 22.8 Å². The number of aromatic nitrogens is 5. The van der Waals surface area contributed by atoms with Gasteiger partial charge in [0.2, 0.25) is 0 Å². The summed E-state index contributed by atoms with van der Waals surface area (Å²) in [6.45, 7) is 2.83. The second-order valence-electron chi connectivity index (χ2n) is 5.11. The molecule has 0 bridgehead atoms. The second-order valence-corrected chi connectivity index (χ2v) is 5.49. The van der Waals surface area contributed by atoms with Crippen LogP contribution >= 0.6 is 11.6 Å². The van der Waals surface area contributed by atoms with Crippen LogP contribution in [-0.2, 0) is 26.4 Å². The van der Waals surface area contributed by atoms with Crippen molar-refractivity contribution in [3.8, 4) is 0 Å². The Labute approximate surface area is 128 Å². The Bertz CT molecular complexity index is 759. The highest BCUT2D eigenvalue weighted by atomic mass is 35.5. The maximum atomic E-state index is 5.90. The van der Waals surface area contributed by atoms with E-state index in [2.05, 4.69) is 19.6 Å². The zero-order valence-corrected chi connectivity index (χ0v) is 13.0. The van der Waals surface area contributed by atoms with Gasteiger partial charge < -0.3 is 4.57 Å². The minimum atomic E-state index is 0.564. The van der Waals surface area contributed by atoms with Crippen LogP contribution in [0.15, 0.2) is 24.4 Å². The van der Waals surface area contributed by atoms with Crippen LogP contribution in [-0.4, -0.2) is 30.2 Å². The van der Waals surface area contributed by atoms with Crippen LogP contribution in [0.4, 0.5) is 0 Å². The van der Waals surface area contributed by atoms with Crippen LogP contribution in [0.2, 0.25) is 0 Å². The number of pyridine rings is 1. The first-order valence-electron chi connectivity index (χ1n) is 7.04. The largest absolute Gasteiger partial charge is 0.312 e. The molecule has 0 aromatic carbocycles. The molecular formula is C15H18ClN5. The molecule has 0 aliphatic rings. The summed E-state index contributed by atoms with van der Waals surface area (Å²) in [6, 6.07) is 6.06. The summed E-state index contributed by atoms with van der Waals surface area (Å²) in [4.78, 5) is 9.30. The minimum Gasteiger partial charge on any atom is -0.312 e. The summed E-state index contributed by atoms with van der Waals surface area (Å²) >= 11 is 5.90. The topological polar surface area (TPSA) is 48.5 Å². The van der Waals surface area contributed by atoms with E-state index in [9.17, 15) is 0 Å². The average molecular weight is 304 g/mol. The van der Waals surface area contributed by atoms with Gasteiger partial charge in [-0.1, -0.05) is 0 Å². The smallest absolute Gasteiger partial charge is 0.160 e. The number of fused-ring (bicyclic) bond motifs is 1. The van der Waals surface area contributed by atoms with E-state index in [1.807, 2.05) is 43.0 Å². The van der Waals surface area contributed by atoms with Crippen LogP contribution in [0.25, 0.3) is 11.2 Å². The molecule has 0 saturated carbocycles. The molecule has 5 nitrogen and oxygen atoms in total. The van der Waals surface area contributed by atoms with E-state index in [0.717, 1.165) is 42.1 Å². The molecule has 0 saturated heterocycles. The molecule has 3 aromatic rings. The predicted octanol–water partition coefficient (Wildman–Crippen LogP) is 2.50. The van der Waals surface area contributed by atoms with E-state index in [0.29, 0.717) is 5.88 Å². The van der Waals surface area contributed by atoms with Crippen molar-refractivity contribution in [2.24, 2.45) is 7.05 Å². The van der Waals surface area contributed by atoms with Gasteiger partial charge in [-0.25, -0.2) is 9.97 Å². The lowest BCUT2D eigenvalue weighted by atomic mass is 10.3. The van der Waals surface area contributed by atoms with Gasteiger partial charge in [0.05, 0.1) is 0 Å².